The zero-order chi connectivity index (χ0) is 19.4. The van der Waals surface area contributed by atoms with Crippen molar-refractivity contribution in [3.63, 3.8) is 0 Å². The summed E-state index contributed by atoms with van der Waals surface area (Å²) in [5, 5.41) is 0. The lowest BCUT2D eigenvalue weighted by atomic mass is 9.70. The van der Waals surface area contributed by atoms with Crippen LogP contribution in [0, 0.1) is 16.7 Å². The molecule has 1 aromatic rings. The molecule has 1 heterocycles. The summed E-state index contributed by atoms with van der Waals surface area (Å²) in [6.45, 7) is 7.73. The van der Waals surface area contributed by atoms with Crippen molar-refractivity contribution in [2.75, 3.05) is 13.1 Å². The molecule has 5 heteroatoms. The van der Waals surface area contributed by atoms with Crippen molar-refractivity contribution in [2.24, 2.45) is 16.7 Å². The van der Waals surface area contributed by atoms with Crippen LogP contribution in [0.4, 0.5) is 0 Å². The van der Waals surface area contributed by atoms with Crippen LogP contribution < -0.4 is 0 Å². The molecule has 4 nitrogen and oxygen atoms in total. The number of allylic oxidation sites excluding steroid dienone is 1. The van der Waals surface area contributed by atoms with Gasteiger partial charge in [-0.15, -0.1) is 0 Å². The van der Waals surface area contributed by atoms with Crippen LogP contribution in [0.5, 0.6) is 0 Å². The van der Waals surface area contributed by atoms with Gasteiger partial charge in [0.2, 0.25) is 10.0 Å². The van der Waals surface area contributed by atoms with Crippen LogP contribution >= 0.6 is 0 Å². The van der Waals surface area contributed by atoms with Crippen LogP contribution in [-0.2, 0) is 14.8 Å². The maximum Gasteiger partial charge on any atom is 0.243 e. The first-order chi connectivity index (χ1) is 12.7. The van der Waals surface area contributed by atoms with Gasteiger partial charge in [0, 0.05) is 18.5 Å². The maximum atomic E-state index is 13.0. The van der Waals surface area contributed by atoms with Gasteiger partial charge < -0.3 is 0 Å². The van der Waals surface area contributed by atoms with Crippen molar-refractivity contribution in [2.45, 2.75) is 57.8 Å². The molecule has 3 fully saturated rings. The largest absolute Gasteiger partial charge is 0.294 e. The van der Waals surface area contributed by atoms with Crippen LogP contribution in [0.1, 0.15) is 58.4 Å². The second-order valence-corrected chi connectivity index (χ2v) is 11.0. The summed E-state index contributed by atoms with van der Waals surface area (Å²) >= 11 is 0. The van der Waals surface area contributed by atoms with Crippen molar-refractivity contribution >= 4 is 21.9 Å². The summed E-state index contributed by atoms with van der Waals surface area (Å²) in [7, 11) is -3.41. The Balaban J connectivity index is 1.61. The van der Waals surface area contributed by atoms with Gasteiger partial charge in [-0.3, -0.25) is 4.79 Å². The average Bonchev–Trinajstić information content (AvgIpc) is 2.97. The predicted octanol–water partition coefficient (Wildman–Crippen LogP) is 4.27. The molecule has 3 aliphatic rings. The van der Waals surface area contributed by atoms with Crippen LogP contribution in [-0.4, -0.2) is 31.6 Å². The third kappa shape index (κ3) is 2.73. The Morgan fingerprint density at radius 3 is 2.22 bits per heavy atom. The number of fused-ring (bicyclic) bond motifs is 2. The minimum Gasteiger partial charge on any atom is -0.294 e. The van der Waals surface area contributed by atoms with E-state index >= 15 is 0 Å². The second-order valence-electron chi connectivity index (χ2n) is 9.11. The molecule has 0 N–H and O–H groups in total. The van der Waals surface area contributed by atoms with Crippen molar-refractivity contribution in [3.05, 3.63) is 35.4 Å². The number of hydrogen-bond donors (Lipinski definition) is 0. The SMILES string of the molecule is CC1(C)[C@@H]2CC[C@@]1(C)C(=O)/C2=C/c1ccc(S(=O)(=O)N2CCCCC2)cc1. The number of carbonyl (C=O) groups is 1. The number of nitrogens with zero attached hydrogens (tertiary/aromatic N) is 1. The summed E-state index contributed by atoms with van der Waals surface area (Å²) in [6, 6.07) is 7.03. The second kappa shape index (κ2) is 6.28. The van der Waals surface area contributed by atoms with E-state index in [1.807, 2.05) is 18.2 Å². The number of piperidine rings is 1. The lowest BCUT2D eigenvalue weighted by molar-refractivity contribution is -0.125. The summed E-state index contributed by atoms with van der Waals surface area (Å²) in [4.78, 5) is 13.3. The standard InChI is InChI=1S/C22H29NO3S/c1-21(2)19-11-12-22(21,3)20(24)18(19)15-16-7-9-17(10-8-16)27(25,26)23-13-5-4-6-14-23/h7-10,15,19H,4-6,11-14H2,1-3H3/b18-15+/t19-,22+/m1/s1. The number of ketones is 1. The third-order valence-electron chi connectivity index (χ3n) is 7.52. The Labute approximate surface area is 162 Å². The Hall–Kier alpha value is -1.46. The lowest BCUT2D eigenvalue weighted by Gasteiger charge is -2.31. The summed E-state index contributed by atoms with van der Waals surface area (Å²) < 4.78 is 27.2. The molecular weight excluding hydrogens is 358 g/mol. The summed E-state index contributed by atoms with van der Waals surface area (Å²) in [5.74, 6) is 0.570. The predicted molar refractivity (Wildman–Crippen MR) is 107 cm³/mol. The van der Waals surface area contributed by atoms with E-state index < -0.39 is 10.0 Å². The third-order valence-corrected chi connectivity index (χ3v) is 9.43. The summed E-state index contributed by atoms with van der Waals surface area (Å²) in [5.41, 5.74) is 1.55. The fraction of sp³-hybridized carbons (Fsp3) is 0.591. The molecule has 0 amide bonds. The van der Waals surface area contributed by atoms with Crippen molar-refractivity contribution < 1.29 is 13.2 Å². The molecular formula is C22H29NO3S. The Kier molecular flexibility index (Phi) is 4.39. The monoisotopic (exact) mass is 387 g/mol. The highest BCUT2D eigenvalue weighted by Crippen LogP contribution is 2.65. The highest BCUT2D eigenvalue weighted by Gasteiger charge is 2.63. The van der Waals surface area contributed by atoms with Gasteiger partial charge in [0.05, 0.1) is 4.90 Å². The minimum atomic E-state index is -3.41. The van der Waals surface area contributed by atoms with Crippen LogP contribution in [0.15, 0.2) is 34.7 Å². The average molecular weight is 388 g/mol. The number of sulfonamides is 1. The highest BCUT2D eigenvalue weighted by molar-refractivity contribution is 7.89. The van der Waals surface area contributed by atoms with E-state index in [4.69, 9.17) is 0 Å². The van der Waals surface area contributed by atoms with Crippen LogP contribution in [0.25, 0.3) is 6.08 Å². The van der Waals surface area contributed by atoms with Gasteiger partial charge in [-0.2, -0.15) is 4.31 Å². The molecule has 4 rings (SSSR count). The van der Waals surface area contributed by atoms with Gasteiger partial charge in [-0.25, -0.2) is 8.42 Å². The van der Waals surface area contributed by atoms with Crippen molar-refractivity contribution in [1.29, 1.82) is 0 Å². The van der Waals surface area contributed by atoms with E-state index in [9.17, 15) is 13.2 Å². The topological polar surface area (TPSA) is 54.5 Å². The minimum absolute atomic E-state index is 0.00649. The first-order valence-electron chi connectivity index (χ1n) is 10.0. The number of rotatable bonds is 3. The normalized spacial score (nSPS) is 32.3. The Morgan fingerprint density at radius 2 is 1.67 bits per heavy atom. The Bertz CT molecular complexity index is 892. The molecule has 2 aliphatic carbocycles. The van der Waals surface area contributed by atoms with E-state index in [0.717, 1.165) is 43.2 Å². The zero-order valence-electron chi connectivity index (χ0n) is 16.5. The highest BCUT2D eigenvalue weighted by atomic mass is 32.2. The van der Waals surface area contributed by atoms with Crippen LogP contribution in [0.3, 0.4) is 0 Å². The van der Waals surface area contributed by atoms with E-state index in [1.165, 1.54) is 0 Å². The van der Waals surface area contributed by atoms with Crippen molar-refractivity contribution in [3.8, 4) is 0 Å². The van der Waals surface area contributed by atoms with E-state index in [-0.39, 0.29) is 16.6 Å². The molecule has 1 saturated heterocycles. The first-order valence-corrected chi connectivity index (χ1v) is 11.5. The molecule has 0 spiro atoms. The van der Waals surface area contributed by atoms with E-state index in [2.05, 4.69) is 20.8 Å². The molecule has 1 aliphatic heterocycles. The van der Waals surface area contributed by atoms with E-state index in [0.29, 0.717) is 23.9 Å². The van der Waals surface area contributed by atoms with Crippen molar-refractivity contribution in [1.82, 2.24) is 4.31 Å². The molecule has 2 atom stereocenters. The van der Waals surface area contributed by atoms with Gasteiger partial charge in [0.1, 0.15) is 0 Å². The van der Waals surface area contributed by atoms with Gasteiger partial charge in [-0.05, 0) is 66.4 Å². The molecule has 0 radical (unpaired) electrons. The molecule has 1 aromatic carbocycles. The van der Waals surface area contributed by atoms with E-state index in [1.54, 1.807) is 16.4 Å². The smallest absolute Gasteiger partial charge is 0.243 e. The van der Waals surface area contributed by atoms with Crippen LogP contribution in [0.2, 0.25) is 0 Å². The molecule has 27 heavy (non-hydrogen) atoms. The molecule has 2 bridgehead atoms. The quantitative estimate of drug-likeness (QED) is 0.728. The van der Waals surface area contributed by atoms with Gasteiger partial charge in [0.25, 0.3) is 0 Å². The lowest BCUT2D eigenvalue weighted by Crippen LogP contribution is -2.35. The van der Waals surface area contributed by atoms with Gasteiger partial charge >= 0.3 is 0 Å². The molecule has 2 saturated carbocycles. The molecule has 0 unspecified atom stereocenters. The molecule has 0 aromatic heterocycles. The zero-order valence-corrected chi connectivity index (χ0v) is 17.3. The van der Waals surface area contributed by atoms with Gasteiger partial charge in [-0.1, -0.05) is 39.3 Å². The van der Waals surface area contributed by atoms with Gasteiger partial charge in [0.15, 0.2) is 5.78 Å². The molecule has 146 valence electrons. The Morgan fingerprint density at radius 1 is 1.04 bits per heavy atom. The number of hydrogen-bond acceptors (Lipinski definition) is 3. The maximum absolute atomic E-state index is 13.0. The number of Topliss-reactive ketones (excluding diaryl/α,β-unsaturated/α-hetero) is 1. The number of benzene rings is 1. The summed E-state index contributed by atoms with van der Waals surface area (Å²) in [6.07, 6.45) is 6.97. The first kappa shape index (κ1) is 18.9. The fourth-order valence-corrected chi connectivity index (χ4v) is 6.78. The number of carbonyl (C=O) groups excluding carboxylic acids is 1. The fourth-order valence-electron chi connectivity index (χ4n) is 5.26.